The summed E-state index contributed by atoms with van der Waals surface area (Å²) in [5.41, 5.74) is -1.34. The Labute approximate surface area is 86.4 Å². The summed E-state index contributed by atoms with van der Waals surface area (Å²) < 4.78 is 30.2. The van der Waals surface area contributed by atoms with Gasteiger partial charge in [-0.05, 0) is 25.2 Å². The van der Waals surface area contributed by atoms with Crippen LogP contribution in [0.1, 0.15) is 25.7 Å². The number of hydrogen-bond donors (Lipinski definition) is 1. The van der Waals surface area contributed by atoms with Crippen molar-refractivity contribution in [1.82, 2.24) is 0 Å². The second-order valence-electron chi connectivity index (χ2n) is 4.44. The summed E-state index contributed by atoms with van der Waals surface area (Å²) >= 11 is 0. The van der Waals surface area contributed by atoms with Crippen molar-refractivity contribution < 1.29 is 23.4 Å². The number of carbonyl (C=O) groups is 1. The first-order valence-corrected chi connectivity index (χ1v) is 5.19. The van der Waals surface area contributed by atoms with Gasteiger partial charge in [-0.3, -0.25) is 4.79 Å². The third-order valence-electron chi connectivity index (χ3n) is 3.38. The minimum atomic E-state index is -2.58. The minimum absolute atomic E-state index is 0.183. The van der Waals surface area contributed by atoms with E-state index in [1.165, 1.54) is 0 Å². The number of rotatable bonds is 4. The average Bonchev–Trinajstić information content (AvgIpc) is 2.88. The highest BCUT2D eigenvalue weighted by molar-refractivity contribution is 5.76. The third kappa shape index (κ3) is 1.85. The third-order valence-corrected chi connectivity index (χ3v) is 3.38. The van der Waals surface area contributed by atoms with Gasteiger partial charge in [-0.25, -0.2) is 8.78 Å². The highest BCUT2D eigenvalue weighted by atomic mass is 19.3. The van der Waals surface area contributed by atoms with Crippen molar-refractivity contribution >= 4 is 5.97 Å². The zero-order valence-corrected chi connectivity index (χ0v) is 8.29. The van der Waals surface area contributed by atoms with Crippen molar-refractivity contribution in [3.63, 3.8) is 0 Å². The summed E-state index contributed by atoms with van der Waals surface area (Å²) in [5, 5.41) is 9.15. The van der Waals surface area contributed by atoms with Crippen LogP contribution in [-0.2, 0) is 9.53 Å². The molecule has 0 bridgehead atoms. The van der Waals surface area contributed by atoms with E-state index in [-0.39, 0.29) is 12.3 Å². The molecular formula is C10H14F2O3. The number of hydrogen-bond acceptors (Lipinski definition) is 2. The Kier molecular flexibility index (Phi) is 2.66. The fraction of sp³-hybridized carbons (Fsp3) is 0.900. The van der Waals surface area contributed by atoms with Crippen LogP contribution in [0.2, 0.25) is 0 Å². The molecule has 1 heterocycles. The van der Waals surface area contributed by atoms with E-state index in [0.29, 0.717) is 6.61 Å². The van der Waals surface area contributed by atoms with Crippen LogP contribution in [0.5, 0.6) is 0 Å². The smallest absolute Gasteiger partial charge is 0.312 e. The molecule has 1 N–H and O–H groups in total. The van der Waals surface area contributed by atoms with Crippen molar-refractivity contribution in [3.8, 4) is 0 Å². The van der Waals surface area contributed by atoms with Crippen LogP contribution in [0.4, 0.5) is 8.78 Å². The van der Waals surface area contributed by atoms with Crippen LogP contribution in [0, 0.1) is 11.3 Å². The lowest BCUT2D eigenvalue weighted by molar-refractivity contribution is -0.156. The van der Waals surface area contributed by atoms with E-state index in [9.17, 15) is 13.6 Å². The van der Waals surface area contributed by atoms with E-state index < -0.39 is 30.3 Å². The van der Waals surface area contributed by atoms with Crippen LogP contribution in [0.3, 0.4) is 0 Å². The van der Waals surface area contributed by atoms with Gasteiger partial charge in [0.1, 0.15) is 5.41 Å². The van der Waals surface area contributed by atoms with Crippen molar-refractivity contribution in [2.24, 2.45) is 11.3 Å². The summed E-state index contributed by atoms with van der Waals surface area (Å²) in [6, 6.07) is 0. The highest BCUT2D eigenvalue weighted by Gasteiger charge is 2.56. The second kappa shape index (κ2) is 3.70. The first-order chi connectivity index (χ1) is 7.06. The van der Waals surface area contributed by atoms with Crippen LogP contribution >= 0.6 is 0 Å². The molecule has 2 atom stereocenters. The standard InChI is InChI=1S/C10H14F2O3/c11-7(12)5-10(9(13)14)3-4-15-8(10)6-1-2-6/h6-8H,1-5H2,(H,13,14). The maximum absolute atomic E-state index is 12.4. The highest BCUT2D eigenvalue weighted by Crippen LogP contribution is 2.50. The Balaban J connectivity index is 2.19. The van der Waals surface area contributed by atoms with Crippen LogP contribution in [-0.4, -0.2) is 30.2 Å². The van der Waals surface area contributed by atoms with Gasteiger partial charge in [-0.1, -0.05) is 0 Å². The number of carboxylic acids is 1. The van der Waals surface area contributed by atoms with E-state index >= 15 is 0 Å². The molecule has 86 valence electrons. The zero-order chi connectivity index (χ0) is 11.1. The summed E-state index contributed by atoms with van der Waals surface area (Å²) in [5.74, 6) is -0.945. The molecule has 1 saturated heterocycles. The Morgan fingerprint density at radius 3 is 2.67 bits per heavy atom. The lowest BCUT2D eigenvalue weighted by Crippen LogP contribution is -2.41. The number of halogens is 2. The minimum Gasteiger partial charge on any atom is -0.481 e. The topological polar surface area (TPSA) is 46.5 Å². The molecule has 1 aliphatic heterocycles. The molecule has 15 heavy (non-hydrogen) atoms. The fourth-order valence-electron chi connectivity index (χ4n) is 2.47. The van der Waals surface area contributed by atoms with E-state index in [2.05, 4.69) is 0 Å². The van der Waals surface area contributed by atoms with Gasteiger partial charge in [0.2, 0.25) is 6.43 Å². The average molecular weight is 220 g/mol. The number of carboxylic acid groups (broad SMARTS) is 1. The first kappa shape index (κ1) is 10.8. The molecule has 3 nitrogen and oxygen atoms in total. The van der Waals surface area contributed by atoms with Gasteiger partial charge in [-0.15, -0.1) is 0 Å². The Bertz CT molecular complexity index is 265. The quantitative estimate of drug-likeness (QED) is 0.787. The van der Waals surface area contributed by atoms with Gasteiger partial charge in [0.25, 0.3) is 0 Å². The molecule has 2 aliphatic rings. The summed E-state index contributed by atoms with van der Waals surface area (Å²) in [6.07, 6.45) is -1.63. The van der Waals surface area contributed by atoms with E-state index in [4.69, 9.17) is 9.84 Å². The maximum atomic E-state index is 12.4. The van der Waals surface area contributed by atoms with E-state index in [1.807, 2.05) is 0 Å². The molecule has 2 fully saturated rings. The monoisotopic (exact) mass is 220 g/mol. The summed E-state index contributed by atoms with van der Waals surface area (Å²) in [6.45, 7) is 0.292. The van der Waals surface area contributed by atoms with Crippen molar-refractivity contribution in [3.05, 3.63) is 0 Å². The maximum Gasteiger partial charge on any atom is 0.312 e. The molecule has 0 aromatic rings. The number of alkyl halides is 2. The summed E-state index contributed by atoms with van der Waals surface area (Å²) in [4.78, 5) is 11.2. The van der Waals surface area contributed by atoms with Crippen LogP contribution in [0.25, 0.3) is 0 Å². The number of ether oxygens (including phenoxy) is 1. The Morgan fingerprint density at radius 2 is 2.20 bits per heavy atom. The SMILES string of the molecule is O=C(O)C1(CC(F)F)CCOC1C1CC1. The molecule has 0 aromatic carbocycles. The molecule has 2 unspecified atom stereocenters. The fourth-order valence-corrected chi connectivity index (χ4v) is 2.47. The molecule has 1 saturated carbocycles. The molecule has 0 amide bonds. The lowest BCUT2D eigenvalue weighted by Gasteiger charge is -2.29. The number of aliphatic carboxylic acids is 1. The van der Waals surface area contributed by atoms with Crippen molar-refractivity contribution in [2.75, 3.05) is 6.61 Å². The zero-order valence-electron chi connectivity index (χ0n) is 8.29. The largest absolute Gasteiger partial charge is 0.481 e. The van der Waals surface area contributed by atoms with Gasteiger partial charge in [0.15, 0.2) is 0 Å². The predicted molar refractivity (Wildman–Crippen MR) is 47.8 cm³/mol. The van der Waals surface area contributed by atoms with Crippen LogP contribution in [0.15, 0.2) is 0 Å². The predicted octanol–water partition coefficient (Wildman–Crippen LogP) is 1.91. The molecular weight excluding hydrogens is 206 g/mol. The Morgan fingerprint density at radius 1 is 1.53 bits per heavy atom. The first-order valence-electron chi connectivity index (χ1n) is 5.19. The molecule has 5 heteroatoms. The molecule has 2 rings (SSSR count). The van der Waals surface area contributed by atoms with E-state index in [0.717, 1.165) is 12.8 Å². The summed E-state index contributed by atoms with van der Waals surface area (Å²) in [7, 11) is 0. The van der Waals surface area contributed by atoms with Gasteiger partial charge in [-0.2, -0.15) is 0 Å². The molecule has 1 aliphatic carbocycles. The molecule has 0 spiro atoms. The normalized spacial score (nSPS) is 36.1. The van der Waals surface area contributed by atoms with Gasteiger partial charge in [0.05, 0.1) is 6.10 Å². The molecule has 0 aromatic heterocycles. The van der Waals surface area contributed by atoms with Crippen LogP contribution < -0.4 is 0 Å². The van der Waals surface area contributed by atoms with Gasteiger partial charge in [0, 0.05) is 13.0 Å². The van der Waals surface area contributed by atoms with Crippen molar-refractivity contribution in [1.29, 1.82) is 0 Å². The van der Waals surface area contributed by atoms with Crippen molar-refractivity contribution in [2.45, 2.75) is 38.2 Å². The van der Waals surface area contributed by atoms with Gasteiger partial charge < -0.3 is 9.84 Å². The Hall–Kier alpha value is -0.710. The second-order valence-corrected chi connectivity index (χ2v) is 4.44. The van der Waals surface area contributed by atoms with E-state index in [1.54, 1.807) is 0 Å². The lowest BCUT2D eigenvalue weighted by atomic mass is 9.76. The van der Waals surface area contributed by atoms with Gasteiger partial charge >= 0.3 is 5.97 Å². The molecule has 0 radical (unpaired) electrons.